The third kappa shape index (κ3) is 6.11. The maximum absolute atomic E-state index is 14.0. The molecule has 1 aromatic heterocycles. The summed E-state index contributed by atoms with van der Waals surface area (Å²) in [6, 6.07) is 12.1. The summed E-state index contributed by atoms with van der Waals surface area (Å²) in [5.41, 5.74) is -1.93. The Labute approximate surface area is 204 Å². The zero-order chi connectivity index (χ0) is 24.6. The minimum Gasteiger partial charge on any atom is -0.320 e. The van der Waals surface area contributed by atoms with E-state index in [1.807, 2.05) is 23.7 Å². The van der Waals surface area contributed by atoms with Gasteiger partial charge in [-0.1, -0.05) is 84.9 Å². The maximum Gasteiger partial charge on any atom is 0.399 e. The second-order valence-electron chi connectivity index (χ2n) is 8.99. The second-order valence-corrected chi connectivity index (χ2v) is 12.4. The number of alkyl halides is 2. The van der Waals surface area contributed by atoms with E-state index in [0.717, 1.165) is 23.9 Å². The van der Waals surface area contributed by atoms with Gasteiger partial charge in [-0.05, 0) is 29.0 Å². The molecule has 178 valence electrons. The standard InChI is InChI=1S/C22H25BrF2N3O3PS/c1-21(2,3)12-14-5-8-16(9-6-14)19-26-27-20(28(19)4)33-13-15-7-10-17(18(23)11-15)22(24,25)32(29,30)31/h5-11H,12-13H2,1-4H3,(H2,29,30,31). The molecule has 0 bridgehead atoms. The molecule has 0 aliphatic heterocycles. The fourth-order valence-electron chi connectivity index (χ4n) is 3.27. The molecule has 0 aliphatic carbocycles. The van der Waals surface area contributed by atoms with Gasteiger partial charge in [0.15, 0.2) is 11.0 Å². The number of hydrogen-bond acceptors (Lipinski definition) is 4. The van der Waals surface area contributed by atoms with E-state index < -0.39 is 18.8 Å². The van der Waals surface area contributed by atoms with Crippen molar-refractivity contribution in [3.8, 4) is 11.4 Å². The molecule has 2 N–H and O–H groups in total. The summed E-state index contributed by atoms with van der Waals surface area (Å²) in [5, 5.41) is 9.19. The largest absolute Gasteiger partial charge is 0.399 e. The zero-order valence-corrected chi connectivity index (χ0v) is 21.9. The van der Waals surface area contributed by atoms with Gasteiger partial charge in [0.05, 0.1) is 0 Å². The van der Waals surface area contributed by atoms with Gasteiger partial charge in [0, 0.05) is 28.4 Å². The Morgan fingerprint density at radius 1 is 1.06 bits per heavy atom. The second kappa shape index (κ2) is 9.58. The van der Waals surface area contributed by atoms with Crippen molar-refractivity contribution in [1.29, 1.82) is 0 Å². The molecule has 6 nitrogen and oxygen atoms in total. The summed E-state index contributed by atoms with van der Waals surface area (Å²) < 4.78 is 41.0. The van der Waals surface area contributed by atoms with Crippen LogP contribution in [0.1, 0.15) is 37.5 Å². The van der Waals surface area contributed by atoms with E-state index in [-0.39, 0.29) is 9.89 Å². The number of halogens is 3. The molecule has 0 saturated heterocycles. The highest BCUT2D eigenvalue weighted by atomic mass is 79.9. The Morgan fingerprint density at radius 3 is 2.21 bits per heavy atom. The summed E-state index contributed by atoms with van der Waals surface area (Å²) in [7, 11) is -3.77. The van der Waals surface area contributed by atoms with E-state index in [0.29, 0.717) is 16.5 Å². The Bertz CT molecular complexity index is 1190. The third-order valence-electron chi connectivity index (χ3n) is 4.87. The highest BCUT2D eigenvalue weighted by molar-refractivity contribution is 9.10. The lowest BCUT2D eigenvalue weighted by Crippen LogP contribution is -2.14. The topological polar surface area (TPSA) is 88.2 Å². The molecule has 0 aliphatic rings. The van der Waals surface area contributed by atoms with Crippen molar-refractivity contribution >= 4 is 35.3 Å². The molecule has 1 heterocycles. The van der Waals surface area contributed by atoms with Gasteiger partial charge in [-0.2, -0.15) is 8.78 Å². The fourth-order valence-corrected chi connectivity index (χ4v) is 5.46. The predicted molar refractivity (Wildman–Crippen MR) is 129 cm³/mol. The Morgan fingerprint density at radius 2 is 1.67 bits per heavy atom. The molecule has 0 fully saturated rings. The van der Waals surface area contributed by atoms with Gasteiger partial charge in [0.2, 0.25) is 0 Å². The zero-order valence-electron chi connectivity index (χ0n) is 18.6. The first kappa shape index (κ1) is 26.0. The van der Waals surface area contributed by atoms with Gasteiger partial charge in [-0.15, -0.1) is 10.2 Å². The van der Waals surface area contributed by atoms with Crippen molar-refractivity contribution in [3.63, 3.8) is 0 Å². The first-order valence-electron chi connectivity index (χ1n) is 10.0. The first-order valence-corrected chi connectivity index (χ1v) is 13.4. The number of benzene rings is 2. The van der Waals surface area contributed by atoms with Crippen molar-refractivity contribution in [2.24, 2.45) is 12.5 Å². The molecule has 0 radical (unpaired) electrons. The molecule has 0 saturated carbocycles. The van der Waals surface area contributed by atoms with Crippen LogP contribution in [0, 0.1) is 5.41 Å². The van der Waals surface area contributed by atoms with E-state index >= 15 is 0 Å². The lowest BCUT2D eigenvalue weighted by atomic mass is 9.88. The highest BCUT2D eigenvalue weighted by Crippen LogP contribution is 2.60. The summed E-state index contributed by atoms with van der Waals surface area (Å²) in [4.78, 5) is 17.9. The lowest BCUT2D eigenvalue weighted by Gasteiger charge is -2.19. The molecular formula is C22H25BrF2N3O3PS. The van der Waals surface area contributed by atoms with Crippen LogP contribution in [0.25, 0.3) is 11.4 Å². The molecule has 11 heteroatoms. The Hall–Kier alpha value is -1.58. The van der Waals surface area contributed by atoms with E-state index in [1.165, 1.54) is 29.5 Å². The minimum absolute atomic E-state index is 0.0667. The normalized spacial score (nSPS) is 12.9. The van der Waals surface area contributed by atoms with E-state index in [4.69, 9.17) is 9.79 Å². The van der Waals surface area contributed by atoms with Crippen LogP contribution in [0.3, 0.4) is 0 Å². The van der Waals surface area contributed by atoms with Crippen LogP contribution < -0.4 is 0 Å². The molecule has 0 amide bonds. The molecule has 0 spiro atoms. The van der Waals surface area contributed by atoms with Gasteiger partial charge in [-0.25, -0.2) is 0 Å². The van der Waals surface area contributed by atoms with Crippen LogP contribution in [0.4, 0.5) is 8.78 Å². The number of thioether (sulfide) groups is 1. The number of hydrogen-bond donors (Lipinski definition) is 2. The predicted octanol–water partition coefficient (Wildman–Crippen LogP) is 6.35. The van der Waals surface area contributed by atoms with Crippen LogP contribution in [0.15, 0.2) is 52.1 Å². The summed E-state index contributed by atoms with van der Waals surface area (Å²) in [6.07, 6.45) is 0.974. The minimum atomic E-state index is -5.63. The quantitative estimate of drug-likeness (QED) is 0.259. The van der Waals surface area contributed by atoms with Gasteiger partial charge < -0.3 is 14.4 Å². The smallest absolute Gasteiger partial charge is 0.320 e. The number of rotatable bonds is 7. The Kier molecular flexibility index (Phi) is 7.56. The van der Waals surface area contributed by atoms with Crippen LogP contribution >= 0.6 is 35.3 Å². The average Bonchev–Trinajstić information content (AvgIpc) is 3.05. The molecule has 0 unspecified atom stereocenters. The SMILES string of the molecule is Cn1c(SCc2ccc(C(F)(F)P(=O)(O)O)c(Br)c2)nnc1-c1ccc(CC(C)(C)C)cc1. The van der Waals surface area contributed by atoms with Crippen LogP contribution in [-0.2, 0) is 29.5 Å². The van der Waals surface area contributed by atoms with E-state index in [9.17, 15) is 13.3 Å². The highest BCUT2D eigenvalue weighted by Gasteiger charge is 2.51. The number of aromatic nitrogens is 3. The molecule has 3 rings (SSSR count). The maximum atomic E-state index is 14.0. The molecule has 3 aromatic rings. The van der Waals surface area contributed by atoms with Crippen molar-refractivity contribution in [2.75, 3.05) is 0 Å². The van der Waals surface area contributed by atoms with Gasteiger partial charge in [0.25, 0.3) is 0 Å². The monoisotopic (exact) mass is 559 g/mol. The summed E-state index contributed by atoms with van der Waals surface area (Å²) >= 11 is 4.39. The van der Waals surface area contributed by atoms with E-state index in [1.54, 1.807) is 0 Å². The fraction of sp³-hybridized carbons (Fsp3) is 0.364. The molecular weight excluding hydrogens is 535 g/mol. The van der Waals surface area contributed by atoms with Crippen LogP contribution in [-0.4, -0.2) is 24.6 Å². The van der Waals surface area contributed by atoms with Crippen molar-refractivity contribution in [1.82, 2.24) is 14.8 Å². The molecule has 33 heavy (non-hydrogen) atoms. The number of nitrogens with zero attached hydrogens (tertiary/aromatic N) is 3. The first-order chi connectivity index (χ1) is 15.2. The van der Waals surface area contributed by atoms with Gasteiger partial charge in [-0.3, -0.25) is 4.57 Å². The van der Waals surface area contributed by atoms with E-state index in [2.05, 4.69) is 59.0 Å². The lowest BCUT2D eigenvalue weighted by molar-refractivity contribution is 0.0557. The summed E-state index contributed by atoms with van der Waals surface area (Å²) in [5.74, 6) is 1.13. The Balaban J connectivity index is 1.73. The summed E-state index contributed by atoms with van der Waals surface area (Å²) in [6.45, 7) is 6.59. The molecule has 2 aromatic carbocycles. The van der Waals surface area contributed by atoms with Crippen molar-refractivity contribution < 1.29 is 23.1 Å². The van der Waals surface area contributed by atoms with Crippen molar-refractivity contribution in [3.05, 3.63) is 63.6 Å². The van der Waals surface area contributed by atoms with Gasteiger partial charge >= 0.3 is 13.3 Å². The van der Waals surface area contributed by atoms with Crippen LogP contribution in [0.5, 0.6) is 0 Å². The molecule has 0 atom stereocenters. The third-order valence-corrected chi connectivity index (χ3v) is 7.59. The average molecular weight is 560 g/mol. The van der Waals surface area contributed by atoms with Gasteiger partial charge in [0.1, 0.15) is 0 Å². The van der Waals surface area contributed by atoms with Crippen molar-refractivity contribution in [2.45, 2.75) is 43.8 Å². The van der Waals surface area contributed by atoms with Crippen LogP contribution in [0.2, 0.25) is 0 Å².